The van der Waals surface area contributed by atoms with E-state index in [0.717, 1.165) is 0 Å². The van der Waals surface area contributed by atoms with E-state index < -0.39 is 37.1 Å². The van der Waals surface area contributed by atoms with Gasteiger partial charge in [0.25, 0.3) is 0 Å². The first-order valence-electron chi connectivity index (χ1n) is 10.2. The predicted octanol–water partition coefficient (Wildman–Crippen LogP) is 5.58. The van der Waals surface area contributed by atoms with Crippen molar-refractivity contribution >= 4 is 0 Å². The van der Waals surface area contributed by atoms with Gasteiger partial charge >= 0.3 is 12.7 Å². The van der Waals surface area contributed by atoms with Crippen LogP contribution in [0, 0.1) is 0 Å². The monoisotopic (exact) mass is 480 g/mol. The molecule has 2 aromatic carbocycles. The van der Waals surface area contributed by atoms with Crippen LogP contribution in [0.25, 0.3) is 0 Å². The van der Waals surface area contributed by atoms with Crippen LogP contribution in [-0.2, 0) is 0 Å². The highest BCUT2D eigenvalue weighted by molar-refractivity contribution is 5.31. The van der Waals surface area contributed by atoms with Crippen LogP contribution in [0.3, 0.4) is 0 Å². The average Bonchev–Trinajstić information content (AvgIpc) is 2.70. The molecule has 0 amide bonds. The van der Waals surface area contributed by atoms with E-state index >= 15 is 0 Å². The molecule has 5 nitrogen and oxygen atoms in total. The van der Waals surface area contributed by atoms with Crippen molar-refractivity contribution in [3.8, 4) is 11.5 Å². The second-order valence-corrected chi connectivity index (χ2v) is 7.47. The molecule has 0 fully saturated rings. The molecule has 0 aliphatic carbocycles. The van der Waals surface area contributed by atoms with Crippen molar-refractivity contribution in [3.63, 3.8) is 0 Å². The first-order valence-corrected chi connectivity index (χ1v) is 10.2. The molecule has 0 aliphatic heterocycles. The number of alkyl halides is 6. The molecule has 0 bridgehead atoms. The van der Waals surface area contributed by atoms with Gasteiger partial charge in [-0.15, -0.1) is 26.3 Å². The molecule has 2 rings (SSSR count). The summed E-state index contributed by atoms with van der Waals surface area (Å²) >= 11 is 0. The minimum atomic E-state index is -4.82. The van der Waals surface area contributed by atoms with E-state index in [-0.39, 0.29) is 11.5 Å². The quantitative estimate of drug-likeness (QED) is 0.306. The third-order valence-electron chi connectivity index (χ3n) is 4.85. The van der Waals surface area contributed by atoms with Gasteiger partial charge in [-0.25, -0.2) is 0 Å². The van der Waals surface area contributed by atoms with Crippen LogP contribution in [0.15, 0.2) is 48.5 Å². The molecule has 0 saturated heterocycles. The van der Waals surface area contributed by atoms with Crippen molar-refractivity contribution in [1.82, 2.24) is 10.6 Å². The van der Waals surface area contributed by atoms with Gasteiger partial charge in [0.15, 0.2) is 0 Å². The molecule has 0 heterocycles. The number of aliphatic hydroxyl groups is 1. The molecule has 2 aromatic rings. The minimum absolute atomic E-state index is 0.346. The lowest BCUT2D eigenvalue weighted by Gasteiger charge is -2.31. The molecule has 0 aliphatic rings. The van der Waals surface area contributed by atoms with Gasteiger partial charge in [0.2, 0.25) is 0 Å². The zero-order valence-electron chi connectivity index (χ0n) is 18.2. The Morgan fingerprint density at radius 1 is 0.788 bits per heavy atom. The SMILES string of the molecule is CCC(O)C(NC(C)c1cccc(OC(F)(F)F)c1)NC(C)c1cccc(OC(F)(F)F)c1. The van der Waals surface area contributed by atoms with Gasteiger partial charge in [0.1, 0.15) is 11.5 Å². The number of halogens is 6. The first-order chi connectivity index (χ1) is 15.3. The van der Waals surface area contributed by atoms with Crippen molar-refractivity contribution in [1.29, 1.82) is 0 Å². The Labute approximate surface area is 187 Å². The molecule has 0 spiro atoms. The lowest BCUT2D eigenvalue weighted by Crippen LogP contribution is -2.51. The second kappa shape index (κ2) is 11.1. The standard InChI is InChI=1S/C22H26F6N2O3/c1-4-19(31)20(29-13(2)15-7-5-9-17(11-15)32-21(23,24)25)30-14(3)16-8-6-10-18(12-16)33-22(26,27)28/h5-14,19-20,29-31H,4H2,1-3H3. The largest absolute Gasteiger partial charge is 0.573 e. The summed E-state index contributed by atoms with van der Waals surface area (Å²) in [5.74, 6) is -0.743. The maximum atomic E-state index is 12.5. The van der Waals surface area contributed by atoms with Crippen molar-refractivity contribution < 1.29 is 40.9 Å². The normalized spacial score (nSPS) is 16.1. The molecule has 0 radical (unpaired) electrons. The summed E-state index contributed by atoms with van der Waals surface area (Å²) in [7, 11) is 0. The zero-order chi connectivity index (χ0) is 24.8. The second-order valence-electron chi connectivity index (χ2n) is 7.47. The fourth-order valence-electron chi connectivity index (χ4n) is 3.20. The Balaban J connectivity index is 2.14. The van der Waals surface area contributed by atoms with E-state index in [2.05, 4.69) is 20.1 Å². The number of nitrogens with one attached hydrogen (secondary N) is 2. The van der Waals surface area contributed by atoms with Crippen molar-refractivity contribution in [2.24, 2.45) is 0 Å². The molecular weight excluding hydrogens is 454 g/mol. The summed E-state index contributed by atoms with van der Waals surface area (Å²) in [5.41, 5.74) is 0.972. The molecule has 3 N–H and O–H groups in total. The van der Waals surface area contributed by atoms with Crippen molar-refractivity contribution in [3.05, 3.63) is 59.7 Å². The third kappa shape index (κ3) is 9.10. The van der Waals surface area contributed by atoms with Gasteiger partial charge in [-0.3, -0.25) is 10.6 Å². The molecule has 0 saturated carbocycles. The summed E-state index contributed by atoms with van der Waals surface area (Å²) in [5, 5.41) is 16.7. The van der Waals surface area contributed by atoms with E-state index in [1.54, 1.807) is 32.9 Å². The van der Waals surface area contributed by atoms with Crippen LogP contribution in [0.4, 0.5) is 26.3 Å². The third-order valence-corrected chi connectivity index (χ3v) is 4.85. The fourth-order valence-corrected chi connectivity index (χ4v) is 3.20. The van der Waals surface area contributed by atoms with Crippen LogP contribution in [0.1, 0.15) is 50.4 Å². The molecular formula is C22H26F6N2O3. The first kappa shape index (κ1) is 26.7. The van der Waals surface area contributed by atoms with Crippen molar-refractivity contribution in [2.45, 2.75) is 64.3 Å². The van der Waals surface area contributed by atoms with Crippen LogP contribution in [0.5, 0.6) is 11.5 Å². The maximum Gasteiger partial charge on any atom is 0.573 e. The topological polar surface area (TPSA) is 62.8 Å². The summed E-state index contributed by atoms with van der Waals surface area (Å²) in [6, 6.07) is 9.90. The highest BCUT2D eigenvalue weighted by Crippen LogP contribution is 2.27. The van der Waals surface area contributed by atoms with Gasteiger partial charge in [0.05, 0.1) is 12.3 Å². The van der Waals surface area contributed by atoms with Gasteiger partial charge in [-0.1, -0.05) is 31.2 Å². The molecule has 0 aromatic heterocycles. The Morgan fingerprint density at radius 2 is 1.18 bits per heavy atom. The van der Waals surface area contributed by atoms with E-state index in [9.17, 15) is 31.4 Å². The highest BCUT2D eigenvalue weighted by Gasteiger charge is 2.32. The Morgan fingerprint density at radius 3 is 1.52 bits per heavy atom. The van der Waals surface area contributed by atoms with Crippen molar-refractivity contribution in [2.75, 3.05) is 0 Å². The summed E-state index contributed by atoms with van der Waals surface area (Å²) in [4.78, 5) is 0. The van der Waals surface area contributed by atoms with Crippen LogP contribution in [-0.4, -0.2) is 30.1 Å². The van der Waals surface area contributed by atoms with Crippen LogP contribution < -0.4 is 20.1 Å². The molecule has 3 atom stereocenters. The molecule has 184 valence electrons. The number of benzene rings is 2. The number of aliphatic hydroxyl groups excluding tert-OH is 1. The lowest BCUT2D eigenvalue weighted by atomic mass is 10.0. The fraction of sp³-hybridized carbons (Fsp3) is 0.455. The van der Waals surface area contributed by atoms with Gasteiger partial charge in [0, 0.05) is 12.1 Å². The Kier molecular flexibility index (Phi) is 8.98. The predicted molar refractivity (Wildman–Crippen MR) is 109 cm³/mol. The van der Waals surface area contributed by atoms with E-state index in [0.29, 0.717) is 17.5 Å². The molecule has 3 unspecified atom stereocenters. The van der Waals surface area contributed by atoms with Crippen LogP contribution >= 0.6 is 0 Å². The number of rotatable bonds is 10. The lowest BCUT2D eigenvalue weighted by molar-refractivity contribution is -0.275. The smallest absolute Gasteiger partial charge is 0.406 e. The Hall–Kier alpha value is -2.50. The molecule has 33 heavy (non-hydrogen) atoms. The summed E-state index contributed by atoms with van der Waals surface area (Å²) in [6.07, 6.45) is -10.9. The highest BCUT2D eigenvalue weighted by atomic mass is 19.4. The summed E-state index contributed by atoms with van der Waals surface area (Å²) < 4.78 is 82.9. The van der Waals surface area contributed by atoms with Gasteiger partial charge in [-0.2, -0.15) is 0 Å². The number of hydrogen-bond acceptors (Lipinski definition) is 5. The van der Waals surface area contributed by atoms with Gasteiger partial charge < -0.3 is 14.6 Å². The average molecular weight is 480 g/mol. The number of hydrogen-bond donors (Lipinski definition) is 3. The number of ether oxygens (including phenoxy) is 2. The van der Waals surface area contributed by atoms with Gasteiger partial charge in [-0.05, 0) is 55.7 Å². The van der Waals surface area contributed by atoms with Crippen LogP contribution in [0.2, 0.25) is 0 Å². The van der Waals surface area contributed by atoms with E-state index in [4.69, 9.17) is 0 Å². The Bertz CT molecular complexity index is 823. The summed E-state index contributed by atoms with van der Waals surface area (Å²) in [6.45, 7) is 5.14. The molecule has 11 heteroatoms. The van der Waals surface area contributed by atoms with E-state index in [1.807, 2.05) is 0 Å². The maximum absolute atomic E-state index is 12.5. The zero-order valence-corrected chi connectivity index (χ0v) is 18.2. The minimum Gasteiger partial charge on any atom is -0.406 e. The van der Waals surface area contributed by atoms with E-state index in [1.165, 1.54) is 36.4 Å².